The van der Waals surface area contributed by atoms with Crippen molar-refractivity contribution in [2.75, 3.05) is 19.8 Å². The minimum Gasteiger partial charge on any atom is -0.490 e. The summed E-state index contributed by atoms with van der Waals surface area (Å²) in [5.74, 6) is 2.08. The first-order valence-electron chi connectivity index (χ1n) is 7.20. The number of hydrogen-bond donors (Lipinski definition) is 0. The quantitative estimate of drug-likeness (QED) is 0.747. The van der Waals surface area contributed by atoms with Crippen LogP contribution in [-0.2, 0) is 5.41 Å². The van der Waals surface area contributed by atoms with Crippen molar-refractivity contribution in [3.63, 3.8) is 0 Å². The third-order valence-corrected chi connectivity index (χ3v) is 4.72. The summed E-state index contributed by atoms with van der Waals surface area (Å²) in [6.07, 6.45) is 1.94. The smallest absolute Gasteiger partial charge is 0.169 e. The Kier molecular flexibility index (Phi) is 2.34. The van der Waals surface area contributed by atoms with Crippen molar-refractivity contribution in [3.8, 4) is 17.2 Å². The lowest BCUT2D eigenvalue weighted by atomic mass is 9.77. The van der Waals surface area contributed by atoms with Crippen LogP contribution in [0.1, 0.15) is 11.1 Å². The van der Waals surface area contributed by atoms with E-state index in [0.29, 0.717) is 36.3 Å². The predicted octanol–water partition coefficient (Wildman–Crippen LogP) is 3.51. The van der Waals surface area contributed by atoms with E-state index in [0.717, 1.165) is 22.6 Å². The van der Waals surface area contributed by atoms with Crippen LogP contribution in [0.5, 0.6) is 17.2 Å². The van der Waals surface area contributed by atoms with Gasteiger partial charge in [-0.15, -0.1) is 0 Å². The highest BCUT2D eigenvalue weighted by molar-refractivity contribution is 6.32. The molecule has 0 amide bonds. The van der Waals surface area contributed by atoms with Gasteiger partial charge < -0.3 is 14.2 Å². The van der Waals surface area contributed by atoms with Gasteiger partial charge in [0.25, 0.3) is 0 Å². The van der Waals surface area contributed by atoms with Gasteiger partial charge in [0.15, 0.2) is 11.5 Å². The molecule has 2 aromatic carbocycles. The molecule has 22 heavy (non-hydrogen) atoms. The fraction of sp³-hybridized carbons (Fsp3) is 0.235. The summed E-state index contributed by atoms with van der Waals surface area (Å²) in [7, 11) is 0. The van der Waals surface area contributed by atoms with E-state index in [2.05, 4.69) is 11.1 Å². The first-order valence-corrected chi connectivity index (χ1v) is 7.57. The summed E-state index contributed by atoms with van der Waals surface area (Å²) >= 11 is 6.39. The van der Waals surface area contributed by atoms with E-state index in [1.165, 1.54) is 0 Å². The Morgan fingerprint density at radius 3 is 2.86 bits per heavy atom. The number of rotatable bonds is 0. The van der Waals surface area contributed by atoms with Crippen molar-refractivity contribution in [1.29, 1.82) is 0 Å². The lowest BCUT2D eigenvalue weighted by molar-refractivity contribution is 0.169. The van der Waals surface area contributed by atoms with E-state index in [4.69, 9.17) is 25.8 Å². The number of halogens is 1. The zero-order chi connectivity index (χ0) is 14.7. The van der Waals surface area contributed by atoms with Crippen molar-refractivity contribution in [1.82, 2.24) is 0 Å². The molecule has 1 spiro atoms. The molecule has 0 aromatic heterocycles. The molecule has 3 aliphatic rings. The molecular formula is C17H12ClNO3. The van der Waals surface area contributed by atoms with E-state index in [-0.39, 0.29) is 0 Å². The van der Waals surface area contributed by atoms with Gasteiger partial charge in [0.05, 0.1) is 21.7 Å². The number of benzene rings is 2. The molecule has 0 saturated carbocycles. The fourth-order valence-electron chi connectivity index (χ4n) is 3.47. The minimum atomic E-state index is -0.443. The Morgan fingerprint density at radius 2 is 1.91 bits per heavy atom. The topological polar surface area (TPSA) is 40.0 Å². The standard InChI is InChI=1S/C17H12ClNO3/c18-11-7-13-16(21-6-5-20-13)14-15(11)22-9-17(14)8-19-12-4-2-1-3-10(12)17/h1-4,7-8H,5-6,9H2. The number of hydrogen-bond acceptors (Lipinski definition) is 4. The molecule has 0 N–H and O–H groups in total. The zero-order valence-corrected chi connectivity index (χ0v) is 12.4. The molecular weight excluding hydrogens is 302 g/mol. The van der Waals surface area contributed by atoms with Gasteiger partial charge in [0, 0.05) is 12.3 Å². The van der Waals surface area contributed by atoms with Gasteiger partial charge in [-0.25, -0.2) is 0 Å². The second kappa shape index (κ2) is 4.17. The molecule has 4 nitrogen and oxygen atoms in total. The Morgan fingerprint density at radius 1 is 1.05 bits per heavy atom. The van der Waals surface area contributed by atoms with Gasteiger partial charge in [0.1, 0.15) is 25.6 Å². The Labute approximate surface area is 132 Å². The van der Waals surface area contributed by atoms with Gasteiger partial charge in [-0.2, -0.15) is 0 Å². The summed E-state index contributed by atoms with van der Waals surface area (Å²) in [6.45, 7) is 1.53. The Bertz CT molecular complexity index is 833. The van der Waals surface area contributed by atoms with E-state index in [9.17, 15) is 0 Å². The highest BCUT2D eigenvalue weighted by atomic mass is 35.5. The van der Waals surface area contributed by atoms with Gasteiger partial charge in [-0.05, 0) is 11.6 Å². The van der Waals surface area contributed by atoms with Crippen molar-refractivity contribution in [2.45, 2.75) is 5.41 Å². The molecule has 2 aromatic rings. The minimum absolute atomic E-state index is 0.443. The maximum absolute atomic E-state index is 6.39. The lowest BCUT2D eigenvalue weighted by Crippen LogP contribution is -2.30. The second-order valence-corrected chi connectivity index (χ2v) is 6.03. The SMILES string of the molecule is Clc1cc2c(c3c1OCC31C=Nc3ccccc31)OCCO2. The largest absolute Gasteiger partial charge is 0.490 e. The Balaban J connectivity index is 1.83. The first kappa shape index (κ1) is 12.4. The molecule has 0 radical (unpaired) electrons. The third kappa shape index (κ3) is 1.40. The first-order chi connectivity index (χ1) is 10.8. The van der Waals surface area contributed by atoms with Crippen molar-refractivity contribution in [2.24, 2.45) is 4.99 Å². The number of nitrogens with zero attached hydrogens (tertiary/aromatic N) is 1. The third-order valence-electron chi connectivity index (χ3n) is 4.44. The highest BCUT2D eigenvalue weighted by Crippen LogP contribution is 2.57. The molecule has 0 bridgehead atoms. The molecule has 1 atom stereocenters. The van der Waals surface area contributed by atoms with Gasteiger partial charge in [-0.1, -0.05) is 29.8 Å². The van der Waals surface area contributed by atoms with Crippen LogP contribution in [-0.4, -0.2) is 26.0 Å². The van der Waals surface area contributed by atoms with Crippen LogP contribution in [0.15, 0.2) is 35.3 Å². The molecule has 0 aliphatic carbocycles. The van der Waals surface area contributed by atoms with Crippen LogP contribution in [0.25, 0.3) is 0 Å². The van der Waals surface area contributed by atoms with Crippen LogP contribution in [0.4, 0.5) is 5.69 Å². The molecule has 110 valence electrons. The second-order valence-electron chi connectivity index (χ2n) is 5.62. The number of ether oxygens (including phenoxy) is 3. The van der Waals surface area contributed by atoms with E-state index < -0.39 is 5.41 Å². The van der Waals surface area contributed by atoms with Crippen LogP contribution < -0.4 is 14.2 Å². The summed E-state index contributed by atoms with van der Waals surface area (Å²) < 4.78 is 17.5. The number of fused-ring (bicyclic) bond motifs is 6. The Hall–Kier alpha value is -2.20. The molecule has 0 saturated heterocycles. The fourth-order valence-corrected chi connectivity index (χ4v) is 3.72. The molecule has 0 fully saturated rings. The average molecular weight is 314 g/mol. The van der Waals surface area contributed by atoms with Crippen molar-refractivity contribution in [3.05, 3.63) is 46.5 Å². The number of aliphatic imine (C=N–C) groups is 1. The zero-order valence-electron chi connectivity index (χ0n) is 11.6. The maximum atomic E-state index is 6.39. The number of para-hydroxylation sites is 1. The van der Waals surface area contributed by atoms with Crippen molar-refractivity contribution >= 4 is 23.5 Å². The highest BCUT2D eigenvalue weighted by Gasteiger charge is 2.49. The molecule has 3 heterocycles. The van der Waals surface area contributed by atoms with Crippen LogP contribution in [0.2, 0.25) is 5.02 Å². The monoisotopic (exact) mass is 313 g/mol. The van der Waals surface area contributed by atoms with E-state index in [1.54, 1.807) is 6.07 Å². The average Bonchev–Trinajstić information content (AvgIpc) is 3.12. The summed E-state index contributed by atoms with van der Waals surface area (Å²) in [5.41, 5.74) is 2.57. The molecule has 5 heteroatoms. The lowest BCUT2D eigenvalue weighted by Gasteiger charge is -2.26. The van der Waals surface area contributed by atoms with Gasteiger partial charge in [0.2, 0.25) is 0 Å². The van der Waals surface area contributed by atoms with Crippen molar-refractivity contribution < 1.29 is 14.2 Å². The van der Waals surface area contributed by atoms with Crippen LogP contribution in [0, 0.1) is 0 Å². The molecule has 1 unspecified atom stereocenters. The summed E-state index contributed by atoms with van der Waals surface area (Å²) in [5, 5.41) is 0.550. The normalized spacial score (nSPS) is 23.3. The molecule has 5 rings (SSSR count). The van der Waals surface area contributed by atoms with E-state index in [1.807, 2.05) is 24.4 Å². The van der Waals surface area contributed by atoms with Crippen LogP contribution in [0.3, 0.4) is 0 Å². The predicted molar refractivity (Wildman–Crippen MR) is 83.3 cm³/mol. The summed E-state index contributed by atoms with van der Waals surface area (Å²) in [4.78, 5) is 4.57. The van der Waals surface area contributed by atoms with Gasteiger partial charge in [-0.3, -0.25) is 4.99 Å². The molecule has 3 aliphatic heterocycles. The summed E-state index contributed by atoms with van der Waals surface area (Å²) in [6, 6.07) is 9.86. The van der Waals surface area contributed by atoms with Crippen LogP contribution >= 0.6 is 11.6 Å². The maximum Gasteiger partial charge on any atom is 0.169 e. The van der Waals surface area contributed by atoms with E-state index >= 15 is 0 Å². The van der Waals surface area contributed by atoms with Gasteiger partial charge >= 0.3 is 0 Å².